The molecule has 0 bridgehead atoms. The maximum Gasteiger partial charge on any atom is 0.335 e. The Morgan fingerprint density at radius 3 is 1.79 bits per heavy atom. The van der Waals surface area contributed by atoms with Crippen molar-refractivity contribution in [3.05, 3.63) is 53.6 Å². The number of hydrogen-bond acceptors (Lipinski definition) is 12. The average Bonchev–Trinajstić information content (AvgIpc) is 3.48. The van der Waals surface area contributed by atoms with Crippen LogP contribution < -0.4 is 9.47 Å². The third-order valence-corrected chi connectivity index (χ3v) is 5.97. The van der Waals surface area contributed by atoms with Gasteiger partial charge in [-0.2, -0.15) is 8.78 Å². The molecule has 0 spiro atoms. The summed E-state index contributed by atoms with van der Waals surface area (Å²) < 4.78 is 112. The molecule has 3 rings (SSSR count). The Balaban J connectivity index is 1.13. The molecule has 1 aromatic heterocycles. The third-order valence-electron chi connectivity index (χ3n) is 5.18. The first kappa shape index (κ1) is 33.9. The van der Waals surface area contributed by atoms with Crippen molar-refractivity contribution in [2.75, 3.05) is 65.7 Å². The van der Waals surface area contributed by atoms with Crippen molar-refractivity contribution in [1.82, 2.24) is 10.2 Å². The zero-order chi connectivity index (χ0) is 31.2. The van der Waals surface area contributed by atoms with Gasteiger partial charge >= 0.3 is 11.2 Å². The van der Waals surface area contributed by atoms with Crippen LogP contribution in [0.1, 0.15) is 6.42 Å². The molecule has 3 aromatic rings. The number of benzene rings is 2. The number of halogens is 4. The number of carbonyl (C=O) groups is 1. The molecule has 0 aliphatic carbocycles. The number of hydrogen-bond donors (Lipinski definition) is 0. The normalized spacial score (nSPS) is 11.6. The van der Waals surface area contributed by atoms with Crippen molar-refractivity contribution >= 4 is 15.8 Å². The van der Waals surface area contributed by atoms with Gasteiger partial charge < -0.3 is 32.8 Å². The number of nitrogens with zero attached hydrogens (tertiary/aromatic N) is 2. The molecule has 0 radical (unpaired) electrons. The summed E-state index contributed by atoms with van der Waals surface area (Å²) in [6, 6.07) is 6.66. The molecular weight excluding hydrogens is 608 g/mol. The molecule has 12 nitrogen and oxygen atoms in total. The van der Waals surface area contributed by atoms with Gasteiger partial charge in [0.2, 0.25) is 33.1 Å². The van der Waals surface area contributed by atoms with Crippen LogP contribution in [0.2, 0.25) is 0 Å². The molecule has 1 heterocycles. The van der Waals surface area contributed by atoms with E-state index in [4.69, 9.17) is 28.1 Å². The van der Waals surface area contributed by atoms with Crippen molar-refractivity contribution in [2.45, 2.75) is 11.6 Å². The molecule has 236 valence electrons. The van der Waals surface area contributed by atoms with Gasteiger partial charge in [-0.25, -0.2) is 17.2 Å². The standard InChI is InChI=1S/C26H28F4N2O10S/c1-43(34,35)26-32-31-25(42-26)17-2-4-18(5-3-17)40-15-14-39-13-12-38-11-10-37-9-8-36-7-6-21(33)41-24-22(29)19(27)16-20(28)23(24)30/h2-5,16H,6-15H2,1H3. The van der Waals surface area contributed by atoms with Crippen LogP contribution in [-0.4, -0.2) is 90.3 Å². The molecule has 0 saturated carbocycles. The molecular formula is C26H28F4N2O10S. The molecule has 0 aliphatic heterocycles. The Morgan fingerprint density at radius 1 is 0.767 bits per heavy atom. The number of aromatic nitrogens is 2. The van der Waals surface area contributed by atoms with Gasteiger partial charge in [-0.15, -0.1) is 5.10 Å². The Morgan fingerprint density at radius 2 is 1.28 bits per heavy atom. The van der Waals surface area contributed by atoms with Crippen molar-refractivity contribution in [3.63, 3.8) is 0 Å². The van der Waals surface area contributed by atoms with Crippen LogP contribution in [0.15, 0.2) is 40.0 Å². The van der Waals surface area contributed by atoms with E-state index in [0.29, 0.717) is 37.7 Å². The topological polar surface area (TPSA) is 146 Å². The average molecular weight is 637 g/mol. The van der Waals surface area contributed by atoms with Gasteiger partial charge in [0.05, 0.1) is 59.3 Å². The van der Waals surface area contributed by atoms with Crippen LogP contribution >= 0.6 is 0 Å². The fourth-order valence-corrected chi connectivity index (χ4v) is 3.53. The predicted octanol–water partition coefficient (Wildman–Crippen LogP) is 3.14. The molecule has 43 heavy (non-hydrogen) atoms. The summed E-state index contributed by atoms with van der Waals surface area (Å²) in [5, 5.41) is 6.77. The van der Waals surface area contributed by atoms with Crippen molar-refractivity contribution < 1.29 is 63.6 Å². The fraction of sp³-hybridized carbons (Fsp3) is 0.423. The zero-order valence-electron chi connectivity index (χ0n) is 22.9. The maximum atomic E-state index is 13.5. The number of sulfone groups is 1. The van der Waals surface area contributed by atoms with Gasteiger partial charge in [0, 0.05) is 17.9 Å². The van der Waals surface area contributed by atoms with E-state index in [9.17, 15) is 30.8 Å². The van der Waals surface area contributed by atoms with E-state index >= 15 is 0 Å². The van der Waals surface area contributed by atoms with E-state index in [0.717, 1.165) is 6.26 Å². The summed E-state index contributed by atoms with van der Waals surface area (Å²) in [5.41, 5.74) is 0.540. The smallest absolute Gasteiger partial charge is 0.335 e. The minimum atomic E-state index is -3.58. The molecule has 0 aliphatic rings. The van der Waals surface area contributed by atoms with E-state index in [-0.39, 0.29) is 45.0 Å². The van der Waals surface area contributed by atoms with E-state index < -0.39 is 56.5 Å². The summed E-state index contributed by atoms with van der Waals surface area (Å²) >= 11 is 0. The van der Waals surface area contributed by atoms with Crippen molar-refractivity contribution in [2.24, 2.45) is 0 Å². The minimum Gasteiger partial charge on any atom is -0.491 e. The predicted molar refractivity (Wildman–Crippen MR) is 138 cm³/mol. The molecule has 0 atom stereocenters. The number of esters is 1. The lowest BCUT2D eigenvalue weighted by Crippen LogP contribution is -2.16. The second-order valence-electron chi connectivity index (χ2n) is 8.49. The summed E-state index contributed by atoms with van der Waals surface area (Å²) in [4.78, 5) is 11.6. The van der Waals surface area contributed by atoms with E-state index in [1.807, 2.05) is 0 Å². The van der Waals surface area contributed by atoms with Crippen LogP contribution in [0.3, 0.4) is 0 Å². The molecule has 2 aromatic carbocycles. The number of carbonyl (C=O) groups excluding carboxylic acids is 1. The number of rotatable bonds is 19. The Bertz CT molecular complexity index is 1410. The Labute approximate surface area is 243 Å². The van der Waals surface area contributed by atoms with Crippen LogP contribution in [-0.2, 0) is 33.6 Å². The fourth-order valence-electron chi connectivity index (χ4n) is 3.11. The van der Waals surface area contributed by atoms with E-state index in [1.165, 1.54) is 0 Å². The monoisotopic (exact) mass is 636 g/mol. The number of ether oxygens (including phenoxy) is 6. The Hall–Kier alpha value is -3.64. The quantitative estimate of drug-likeness (QED) is 0.0627. The van der Waals surface area contributed by atoms with Crippen LogP contribution in [0.25, 0.3) is 11.5 Å². The highest BCUT2D eigenvalue weighted by atomic mass is 32.2. The van der Waals surface area contributed by atoms with Crippen LogP contribution in [0.5, 0.6) is 11.5 Å². The van der Waals surface area contributed by atoms with E-state index in [1.54, 1.807) is 24.3 Å². The lowest BCUT2D eigenvalue weighted by atomic mass is 10.2. The highest BCUT2D eigenvalue weighted by Gasteiger charge is 2.23. The highest BCUT2D eigenvalue weighted by Crippen LogP contribution is 2.27. The van der Waals surface area contributed by atoms with Crippen LogP contribution in [0.4, 0.5) is 17.6 Å². The summed E-state index contributed by atoms with van der Waals surface area (Å²) in [6.07, 6.45) is 0.567. The summed E-state index contributed by atoms with van der Waals surface area (Å²) in [5.74, 6) is -8.90. The van der Waals surface area contributed by atoms with Crippen molar-refractivity contribution in [1.29, 1.82) is 0 Å². The first-order valence-corrected chi connectivity index (χ1v) is 14.6. The van der Waals surface area contributed by atoms with Gasteiger partial charge in [0.1, 0.15) is 12.4 Å². The molecule has 0 fully saturated rings. The Kier molecular flexibility index (Phi) is 13.3. The second kappa shape index (κ2) is 16.9. The van der Waals surface area contributed by atoms with Crippen molar-refractivity contribution in [3.8, 4) is 23.0 Å². The van der Waals surface area contributed by atoms with Gasteiger partial charge in [-0.3, -0.25) is 4.79 Å². The van der Waals surface area contributed by atoms with E-state index in [2.05, 4.69) is 14.9 Å². The second-order valence-corrected chi connectivity index (χ2v) is 10.4. The SMILES string of the molecule is CS(=O)(=O)c1nnc(-c2ccc(OCCOCCOCCOCCOCCC(=O)Oc3c(F)c(F)cc(F)c3F)cc2)o1. The third kappa shape index (κ3) is 11.2. The summed E-state index contributed by atoms with van der Waals surface area (Å²) in [7, 11) is -3.58. The largest absolute Gasteiger partial charge is 0.491 e. The minimum absolute atomic E-state index is 0.00842. The lowest BCUT2D eigenvalue weighted by molar-refractivity contribution is -0.136. The highest BCUT2D eigenvalue weighted by molar-refractivity contribution is 7.90. The van der Waals surface area contributed by atoms with Crippen LogP contribution in [0, 0.1) is 23.3 Å². The molecule has 0 saturated heterocycles. The summed E-state index contributed by atoms with van der Waals surface area (Å²) in [6.45, 7) is 1.95. The molecule has 17 heteroatoms. The maximum absolute atomic E-state index is 13.5. The first-order chi connectivity index (χ1) is 20.6. The molecule has 0 N–H and O–H groups in total. The van der Waals surface area contributed by atoms with Gasteiger partial charge in [0.25, 0.3) is 0 Å². The molecule has 0 unspecified atom stereocenters. The van der Waals surface area contributed by atoms with Gasteiger partial charge in [-0.05, 0) is 24.3 Å². The van der Waals surface area contributed by atoms with Gasteiger partial charge in [-0.1, -0.05) is 5.10 Å². The van der Waals surface area contributed by atoms with Gasteiger partial charge in [0.15, 0.2) is 11.6 Å². The molecule has 0 amide bonds. The lowest BCUT2D eigenvalue weighted by Gasteiger charge is -2.09. The first-order valence-electron chi connectivity index (χ1n) is 12.7. The zero-order valence-corrected chi connectivity index (χ0v) is 23.7.